The number of ether oxygens (including phenoxy) is 2. The van der Waals surface area contributed by atoms with Crippen molar-refractivity contribution in [3.8, 4) is 5.75 Å². The maximum Gasteiger partial charge on any atom is 0.419 e. The highest BCUT2D eigenvalue weighted by molar-refractivity contribution is 6.03. The molecule has 0 saturated heterocycles. The zero-order valence-corrected chi connectivity index (χ0v) is 20.2. The summed E-state index contributed by atoms with van der Waals surface area (Å²) in [5, 5.41) is 5.97. The number of nitrogens with zero attached hydrogens (tertiary/aromatic N) is 3. The zero-order chi connectivity index (χ0) is 25.8. The minimum atomic E-state index is -0.599. The summed E-state index contributed by atoms with van der Waals surface area (Å²) in [6.07, 6.45) is 0.434. The van der Waals surface area contributed by atoms with Crippen LogP contribution in [0.15, 0.2) is 93.2 Å². The number of oxazole rings is 1. The predicted molar refractivity (Wildman–Crippen MR) is 136 cm³/mol. The van der Waals surface area contributed by atoms with Crippen LogP contribution in [0.1, 0.15) is 30.0 Å². The van der Waals surface area contributed by atoms with Gasteiger partial charge in [-0.3, -0.25) is 14.2 Å². The third-order valence-electron chi connectivity index (χ3n) is 6.24. The molecule has 1 unspecified atom stereocenters. The molecule has 37 heavy (non-hydrogen) atoms. The van der Waals surface area contributed by atoms with Crippen LogP contribution in [0.4, 0.5) is 0 Å². The molecule has 0 radical (unpaired) electrons. The molecule has 188 valence electrons. The number of methoxy groups -OCH3 is 1. The number of hydrogen-bond donors (Lipinski definition) is 0. The lowest BCUT2D eigenvalue weighted by Gasteiger charge is -2.22. The Hall–Kier alpha value is -4.66. The second kappa shape index (κ2) is 10.5. The smallest absolute Gasteiger partial charge is 0.419 e. The molecule has 0 spiro atoms. The zero-order valence-electron chi connectivity index (χ0n) is 20.2. The molecular formula is C28H25N3O6. The predicted octanol–water partition coefficient (Wildman–Crippen LogP) is 3.91. The summed E-state index contributed by atoms with van der Waals surface area (Å²) in [5.74, 6) is -0.876. The van der Waals surface area contributed by atoms with Crippen LogP contribution in [0.25, 0.3) is 11.1 Å². The molecule has 3 aromatic carbocycles. The van der Waals surface area contributed by atoms with E-state index in [4.69, 9.17) is 13.9 Å². The number of aryl methyl sites for hydroxylation is 1. The van der Waals surface area contributed by atoms with Gasteiger partial charge in [-0.15, -0.1) is 0 Å². The van der Waals surface area contributed by atoms with E-state index in [1.807, 2.05) is 54.6 Å². The first kappa shape index (κ1) is 24.1. The number of benzene rings is 3. The molecule has 1 aromatic heterocycles. The van der Waals surface area contributed by atoms with Crippen molar-refractivity contribution in [3.63, 3.8) is 0 Å². The second-order valence-electron chi connectivity index (χ2n) is 8.54. The molecule has 1 aliphatic heterocycles. The van der Waals surface area contributed by atoms with Crippen molar-refractivity contribution >= 4 is 28.7 Å². The van der Waals surface area contributed by atoms with Gasteiger partial charge in [0.25, 0.3) is 5.91 Å². The van der Waals surface area contributed by atoms with Crippen molar-refractivity contribution in [3.05, 3.63) is 101 Å². The number of hydrogen-bond acceptors (Lipinski definition) is 7. The number of amides is 1. The summed E-state index contributed by atoms with van der Waals surface area (Å²) in [6, 6.07) is 23.7. The standard InChI is InChI=1S/C28H25N3O6/c1-35-21-13-11-20(12-14-21)24-17-22(19-7-3-2-4-8-19)29-31(24)26(32)18-36-27(33)15-16-30-23-9-5-6-10-25(23)37-28(30)34/h2-14,24H,15-18H2,1H3. The van der Waals surface area contributed by atoms with Gasteiger partial charge in [0.05, 0.1) is 30.8 Å². The molecule has 1 aliphatic rings. The third kappa shape index (κ3) is 5.16. The van der Waals surface area contributed by atoms with Crippen LogP contribution in [-0.2, 0) is 20.9 Å². The van der Waals surface area contributed by atoms with Gasteiger partial charge in [-0.2, -0.15) is 5.10 Å². The average Bonchev–Trinajstić information content (AvgIpc) is 3.52. The van der Waals surface area contributed by atoms with Gasteiger partial charge in [0.2, 0.25) is 0 Å². The molecule has 0 N–H and O–H groups in total. The van der Waals surface area contributed by atoms with Crippen molar-refractivity contribution in [1.82, 2.24) is 9.58 Å². The number of fused-ring (bicyclic) bond motifs is 1. The van der Waals surface area contributed by atoms with Crippen LogP contribution in [0.3, 0.4) is 0 Å². The summed E-state index contributed by atoms with van der Waals surface area (Å²) >= 11 is 0. The quantitative estimate of drug-likeness (QED) is 0.341. The monoisotopic (exact) mass is 499 g/mol. The van der Waals surface area contributed by atoms with E-state index in [1.165, 1.54) is 9.58 Å². The lowest BCUT2D eigenvalue weighted by Crippen LogP contribution is -2.31. The molecule has 2 heterocycles. The van der Waals surface area contributed by atoms with E-state index in [2.05, 4.69) is 5.10 Å². The van der Waals surface area contributed by atoms with Crippen LogP contribution in [-0.4, -0.2) is 40.9 Å². The van der Waals surface area contributed by atoms with Crippen LogP contribution < -0.4 is 10.5 Å². The number of esters is 1. The topological polar surface area (TPSA) is 103 Å². The normalized spacial score (nSPS) is 15.0. The average molecular weight is 500 g/mol. The van der Waals surface area contributed by atoms with E-state index in [1.54, 1.807) is 31.4 Å². The van der Waals surface area contributed by atoms with Gasteiger partial charge < -0.3 is 13.9 Å². The number of hydrazone groups is 1. The first-order valence-electron chi connectivity index (χ1n) is 11.9. The molecule has 4 aromatic rings. The highest BCUT2D eigenvalue weighted by atomic mass is 16.5. The van der Waals surface area contributed by atoms with Crippen molar-refractivity contribution in [1.29, 1.82) is 0 Å². The van der Waals surface area contributed by atoms with Crippen molar-refractivity contribution in [2.24, 2.45) is 5.10 Å². The highest BCUT2D eigenvalue weighted by Crippen LogP contribution is 2.33. The Morgan fingerprint density at radius 3 is 2.49 bits per heavy atom. The maximum atomic E-state index is 13.1. The van der Waals surface area contributed by atoms with Gasteiger partial charge >= 0.3 is 11.7 Å². The minimum absolute atomic E-state index is 0.0807. The Labute approximate surface area is 212 Å². The summed E-state index contributed by atoms with van der Waals surface area (Å²) in [4.78, 5) is 37.7. The van der Waals surface area contributed by atoms with Gasteiger partial charge in [-0.25, -0.2) is 9.80 Å². The molecule has 1 amide bonds. The highest BCUT2D eigenvalue weighted by Gasteiger charge is 2.33. The van der Waals surface area contributed by atoms with E-state index in [-0.39, 0.29) is 19.0 Å². The van der Waals surface area contributed by atoms with Crippen molar-refractivity contribution in [2.45, 2.75) is 25.4 Å². The van der Waals surface area contributed by atoms with E-state index in [9.17, 15) is 14.4 Å². The third-order valence-corrected chi connectivity index (χ3v) is 6.24. The fraction of sp³-hybridized carbons (Fsp3) is 0.214. The Morgan fingerprint density at radius 1 is 1.00 bits per heavy atom. The number of para-hydroxylation sites is 2. The van der Waals surface area contributed by atoms with E-state index < -0.39 is 24.2 Å². The van der Waals surface area contributed by atoms with Gasteiger partial charge in [0.1, 0.15) is 5.75 Å². The number of aromatic nitrogens is 1. The lowest BCUT2D eigenvalue weighted by atomic mass is 9.98. The van der Waals surface area contributed by atoms with Crippen LogP contribution >= 0.6 is 0 Å². The Kier molecular flexibility index (Phi) is 6.85. The van der Waals surface area contributed by atoms with E-state index >= 15 is 0 Å². The van der Waals surface area contributed by atoms with E-state index in [0.717, 1.165) is 16.8 Å². The number of carbonyl (C=O) groups is 2. The van der Waals surface area contributed by atoms with Crippen LogP contribution in [0.2, 0.25) is 0 Å². The Bertz CT molecular complexity index is 1500. The molecule has 9 nitrogen and oxygen atoms in total. The van der Waals surface area contributed by atoms with Crippen LogP contribution in [0.5, 0.6) is 5.75 Å². The van der Waals surface area contributed by atoms with Crippen LogP contribution in [0, 0.1) is 0 Å². The lowest BCUT2D eigenvalue weighted by molar-refractivity contribution is -0.153. The minimum Gasteiger partial charge on any atom is -0.497 e. The Morgan fingerprint density at radius 2 is 1.73 bits per heavy atom. The number of rotatable bonds is 8. The summed E-state index contributed by atoms with van der Waals surface area (Å²) in [6.45, 7) is -0.380. The molecule has 0 aliphatic carbocycles. The Balaban J connectivity index is 1.26. The van der Waals surface area contributed by atoms with Gasteiger partial charge in [-0.1, -0.05) is 54.6 Å². The molecule has 1 atom stereocenters. The molecular weight excluding hydrogens is 474 g/mol. The van der Waals surface area contributed by atoms with Gasteiger partial charge in [-0.05, 0) is 35.4 Å². The van der Waals surface area contributed by atoms with Crippen molar-refractivity contribution in [2.75, 3.05) is 13.7 Å². The molecule has 9 heteroatoms. The molecule has 0 saturated carbocycles. The SMILES string of the molecule is COc1ccc(C2CC(c3ccccc3)=NN2C(=O)COC(=O)CCn2c(=O)oc3ccccc32)cc1. The van der Waals surface area contributed by atoms with Crippen molar-refractivity contribution < 1.29 is 23.5 Å². The largest absolute Gasteiger partial charge is 0.497 e. The van der Waals surface area contributed by atoms with E-state index in [0.29, 0.717) is 23.3 Å². The molecule has 0 bridgehead atoms. The number of carbonyl (C=O) groups excluding carboxylic acids is 2. The first-order valence-corrected chi connectivity index (χ1v) is 11.9. The summed E-state index contributed by atoms with van der Waals surface area (Å²) in [5.41, 5.74) is 3.63. The first-order chi connectivity index (χ1) is 18.0. The molecule has 0 fully saturated rings. The fourth-order valence-electron chi connectivity index (χ4n) is 4.34. The summed E-state index contributed by atoms with van der Waals surface area (Å²) in [7, 11) is 1.59. The fourth-order valence-corrected chi connectivity index (χ4v) is 4.34. The van der Waals surface area contributed by atoms with Gasteiger partial charge in [0.15, 0.2) is 12.2 Å². The summed E-state index contributed by atoms with van der Waals surface area (Å²) < 4.78 is 17.1. The molecule has 5 rings (SSSR count). The second-order valence-corrected chi connectivity index (χ2v) is 8.54. The van der Waals surface area contributed by atoms with Gasteiger partial charge in [0, 0.05) is 13.0 Å². The maximum absolute atomic E-state index is 13.1.